The highest BCUT2D eigenvalue weighted by molar-refractivity contribution is 7.89. The fraction of sp³-hybridized carbons (Fsp3) is 0.600. The van der Waals surface area contributed by atoms with Crippen LogP contribution in [0, 0.1) is 11.3 Å². The smallest absolute Gasteiger partial charge is 0.240 e. The van der Waals surface area contributed by atoms with Crippen molar-refractivity contribution in [3.8, 4) is 5.75 Å². The molecular formula is C15H23NO4S. The number of ether oxygens (including phenoxy) is 1. The molecule has 0 unspecified atom stereocenters. The minimum atomic E-state index is -3.53. The first-order valence-electron chi connectivity index (χ1n) is 7.20. The lowest BCUT2D eigenvalue weighted by molar-refractivity contribution is 0.213. The second-order valence-electron chi connectivity index (χ2n) is 6.16. The van der Waals surface area contributed by atoms with Crippen LogP contribution in [0.15, 0.2) is 29.2 Å². The Morgan fingerprint density at radius 2 is 1.90 bits per heavy atom. The van der Waals surface area contributed by atoms with Crippen molar-refractivity contribution in [2.24, 2.45) is 11.3 Å². The second-order valence-corrected chi connectivity index (χ2v) is 7.93. The molecule has 2 N–H and O–H groups in total. The van der Waals surface area contributed by atoms with E-state index in [0.29, 0.717) is 18.3 Å². The molecule has 1 aromatic carbocycles. The zero-order valence-corrected chi connectivity index (χ0v) is 13.3. The second kappa shape index (κ2) is 6.34. The van der Waals surface area contributed by atoms with Crippen LogP contribution in [-0.2, 0) is 10.0 Å². The van der Waals surface area contributed by atoms with Crippen molar-refractivity contribution in [1.29, 1.82) is 0 Å². The summed E-state index contributed by atoms with van der Waals surface area (Å²) < 4.78 is 32.4. The quantitative estimate of drug-likeness (QED) is 0.767. The van der Waals surface area contributed by atoms with Gasteiger partial charge in [-0.05, 0) is 43.0 Å². The molecule has 0 spiro atoms. The van der Waals surface area contributed by atoms with Crippen LogP contribution < -0.4 is 9.46 Å². The summed E-state index contributed by atoms with van der Waals surface area (Å²) >= 11 is 0. The molecule has 0 saturated heterocycles. The third-order valence-electron chi connectivity index (χ3n) is 3.65. The summed E-state index contributed by atoms with van der Waals surface area (Å²) in [4.78, 5) is 0.216. The van der Waals surface area contributed by atoms with E-state index in [4.69, 9.17) is 4.74 Å². The molecule has 1 aromatic rings. The van der Waals surface area contributed by atoms with Gasteiger partial charge < -0.3 is 9.84 Å². The van der Waals surface area contributed by atoms with Gasteiger partial charge in [-0.15, -0.1) is 0 Å². The highest BCUT2D eigenvalue weighted by Crippen LogP contribution is 2.44. The topological polar surface area (TPSA) is 75.6 Å². The van der Waals surface area contributed by atoms with E-state index in [1.54, 1.807) is 12.1 Å². The number of nitrogens with one attached hydrogen (secondary N) is 1. The van der Waals surface area contributed by atoms with Gasteiger partial charge in [-0.2, -0.15) is 0 Å². The lowest BCUT2D eigenvalue weighted by Gasteiger charge is -2.13. The van der Waals surface area contributed by atoms with Crippen molar-refractivity contribution >= 4 is 10.0 Å². The van der Waals surface area contributed by atoms with Crippen molar-refractivity contribution in [3.63, 3.8) is 0 Å². The Morgan fingerprint density at radius 1 is 1.29 bits per heavy atom. The van der Waals surface area contributed by atoms with Crippen LogP contribution in [0.2, 0.25) is 0 Å². The third kappa shape index (κ3) is 4.43. The predicted molar refractivity (Wildman–Crippen MR) is 80.7 cm³/mol. The van der Waals surface area contributed by atoms with Crippen LogP contribution in [0.4, 0.5) is 0 Å². The standard InChI is InChI=1S/C15H23NO4S/c1-12(2)9-20-13-3-5-14(6-4-13)21(18,19)16-10-15(11-17)7-8-15/h3-6,12,16-17H,7-11H2,1-2H3. The van der Waals surface area contributed by atoms with E-state index in [-0.39, 0.29) is 23.5 Å². The minimum Gasteiger partial charge on any atom is -0.493 e. The molecule has 1 aliphatic carbocycles. The maximum absolute atomic E-state index is 12.2. The van der Waals surface area contributed by atoms with Crippen molar-refractivity contribution in [1.82, 2.24) is 4.72 Å². The normalized spacial score (nSPS) is 17.0. The predicted octanol–water partition coefficient (Wildman–Crippen LogP) is 1.77. The van der Waals surface area contributed by atoms with Crippen molar-refractivity contribution in [2.45, 2.75) is 31.6 Å². The van der Waals surface area contributed by atoms with Gasteiger partial charge in [0.05, 0.1) is 11.5 Å². The third-order valence-corrected chi connectivity index (χ3v) is 5.06. The number of aliphatic hydroxyl groups excluding tert-OH is 1. The number of rotatable bonds is 8. The lowest BCUT2D eigenvalue weighted by atomic mass is 10.1. The Balaban J connectivity index is 1.96. The van der Waals surface area contributed by atoms with Gasteiger partial charge in [0.25, 0.3) is 0 Å². The van der Waals surface area contributed by atoms with E-state index < -0.39 is 10.0 Å². The Bertz CT molecular complexity index is 562. The summed E-state index contributed by atoms with van der Waals surface area (Å²) in [5, 5.41) is 9.21. The fourth-order valence-electron chi connectivity index (χ4n) is 1.88. The largest absolute Gasteiger partial charge is 0.493 e. The molecule has 5 nitrogen and oxygen atoms in total. The maximum atomic E-state index is 12.2. The molecule has 0 radical (unpaired) electrons. The first-order chi connectivity index (χ1) is 9.87. The van der Waals surface area contributed by atoms with Crippen molar-refractivity contribution < 1.29 is 18.3 Å². The first-order valence-corrected chi connectivity index (χ1v) is 8.69. The van der Waals surface area contributed by atoms with Gasteiger partial charge in [0.2, 0.25) is 10.0 Å². The Labute approximate surface area is 126 Å². The summed E-state index contributed by atoms with van der Waals surface area (Å²) in [5.41, 5.74) is -0.243. The van der Waals surface area contributed by atoms with Crippen molar-refractivity contribution in [3.05, 3.63) is 24.3 Å². The molecule has 1 fully saturated rings. The van der Waals surface area contributed by atoms with E-state index in [2.05, 4.69) is 18.6 Å². The Hall–Kier alpha value is -1.11. The van der Waals surface area contributed by atoms with E-state index in [1.807, 2.05) is 0 Å². The van der Waals surface area contributed by atoms with E-state index in [1.165, 1.54) is 12.1 Å². The first kappa shape index (κ1) is 16.3. The van der Waals surface area contributed by atoms with Gasteiger partial charge in [-0.25, -0.2) is 13.1 Å². The van der Waals surface area contributed by atoms with Gasteiger partial charge in [-0.3, -0.25) is 0 Å². The SMILES string of the molecule is CC(C)COc1ccc(S(=O)(=O)NCC2(CO)CC2)cc1. The zero-order chi connectivity index (χ0) is 15.5. The number of aliphatic hydroxyl groups is 1. The number of hydrogen-bond donors (Lipinski definition) is 2. The van der Waals surface area contributed by atoms with Gasteiger partial charge in [0.1, 0.15) is 5.75 Å². The summed E-state index contributed by atoms with van der Waals surface area (Å²) in [5.74, 6) is 1.08. The van der Waals surface area contributed by atoms with Crippen LogP contribution >= 0.6 is 0 Å². The molecular weight excluding hydrogens is 290 g/mol. The average molecular weight is 313 g/mol. The summed E-state index contributed by atoms with van der Waals surface area (Å²) in [6, 6.07) is 6.40. The lowest BCUT2D eigenvalue weighted by Crippen LogP contribution is -2.31. The Kier molecular flexibility index (Phi) is 4.91. The summed E-state index contributed by atoms with van der Waals surface area (Å²) in [6.45, 7) is 5.02. The average Bonchev–Trinajstić information content (AvgIpc) is 3.24. The van der Waals surface area contributed by atoms with E-state index in [9.17, 15) is 13.5 Å². The van der Waals surface area contributed by atoms with Gasteiger partial charge in [-0.1, -0.05) is 13.8 Å². The van der Waals surface area contributed by atoms with Crippen LogP contribution in [0.5, 0.6) is 5.75 Å². The van der Waals surface area contributed by atoms with Crippen LogP contribution in [0.3, 0.4) is 0 Å². The van der Waals surface area contributed by atoms with Crippen molar-refractivity contribution in [2.75, 3.05) is 19.8 Å². The summed E-state index contributed by atoms with van der Waals surface area (Å²) in [7, 11) is -3.53. The number of sulfonamides is 1. The molecule has 0 amide bonds. The molecule has 6 heteroatoms. The highest BCUT2D eigenvalue weighted by atomic mass is 32.2. The maximum Gasteiger partial charge on any atom is 0.240 e. The van der Waals surface area contributed by atoms with Gasteiger partial charge in [0.15, 0.2) is 0 Å². The van der Waals surface area contributed by atoms with Gasteiger partial charge in [0, 0.05) is 18.6 Å². The summed E-state index contributed by atoms with van der Waals surface area (Å²) in [6.07, 6.45) is 1.74. The van der Waals surface area contributed by atoms with E-state index >= 15 is 0 Å². The van der Waals surface area contributed by atoms with Crippen LogP contribution in [0.1, 0.15) is 26.7 Å². The van der Waals surface area contributed by atoms with Gasteiger partial charge >= 0.3 is 0 Å². The fourth-order valence-corrected chi connectivity index (χ4v) is 3.03. The molecule has 118 valence electrons. The highest BCUT2D eigenvalue weighted by Gasteiger charge is 2.42. The van der Waals surface area contributed by atoms with Crippen LogP contribution in [-0.4, -0.2) is 33.3 Å². The minimum absolute atomic E-state index is 0.0253. The zero-order valence-electron chi connectivity index (χ0n) is 12.5. The number of benzene rings is 1. The molecule has 0 bridgehead atoms. The molecule has 1 aliphatic rings. The Morgan fingerprint density at radius 3 is 2.38 bits per heavy atom. The molecule has 1 saturated carbocycles. The molecule has 0 aliphatic heterocycles. The monoisotopic (exact) mass is 313 g/mol. The molecule has 0 heterocycles. The molecule has 2 rings (SSSR count). The molecule has 0 atom stereocenters. The van der Waals surface area contributed by atoms with E-state index in [0.717, 1.165) is 12.8 Å². The molecule has 0 aromatic heterocycles. The van der Waals surface area contributed by atoms with Crippen LogP contribution in [0.25, 0.3) is 0 Å². The molecule has 21 heavy (non-hydrogen) atoms. The number of hydrogen-bond acceptors (Lipinski definition) is 4.